The van der Waals surface area contributed by atoms with E-state index in [9.17, 15) is 17.6 Å². The van der Waals surface area contributed by atoms with Crippen molar-refractivity contribution in [2.75, 3.05) is 17.1 Å². The average molecular weight is 363 g/mol. The maximum Gasteiger partial charge on any atom is 0.260 e. The van der Waals surface area contributed by atoms with Crippen LogP contribution in [-0.2, 0) is 14.8 Å². The predicted octanol–water partition coefficient (Wildman–Crippen LogP) is 2.05. The number of carbonyl (C=O) groups is 1. The summed E-state index contributed by atoms with van der Waals surface area (Å²) in [6.07, 6.45) is 2.44. The van der Waals surface area contributed by atoms with Gasteiger partial charge in [-0.3, -0.25) is 9.10 Å². The summed E-state index contributed by atoms with van der Waals surface area (Å²) in [4.78, 5) is 12.0. The first-order valence-corrected chi connectivity index (χ1v) is 9.22. The van der Waals surface area contributed by atoms with Crippen molar-refractivity contribution in [3.8, 4) is 0 Å². The Morgan fingerprint density at radius 2 is 1.92 bits per heavy atom. The molecule has 0 heterocycles. The smallest absolute Gasteiger partial charge is 0.260 e. The molecule has 2 aromatic rings. The van der Waals surface area contributed by atoms with Gasteiger partial charge in [-0.25, -0.2) is 18.2 Å². The van der Waals surface area contributed by atoms with Crippen molar-refractivity contribution >= 4 is 27.8 Å². The van der Waals surface area contributed by atoms with Gasteiger partial charge < -0.3 is 0 Å². The summed E-state index contributed by atoms with van der Waals surface area (Å²) in [7, 11) is -3.71. The van der Waals surface area contributed by atoms with Crippen molar-refractivity contribution in [2.24, 2.45) is 5.10 Å². The number of benzene rings is 2. The van der Waals surface area contributed by atoms with E-state index in [1.54, 1.807) is 0 Å². The fourth-order valence-corrected chi connectivity index (χ4v) is 2.96. The van der Waals surface area contributed by atoms with Gasteiger partial charge in [0.1, 0.15) is 12.4 Å². The summed E-state index contributed by atoms with van der Waals surface area (Å²) < 4.78 is 37.7. The van der Waals surface area contributed by atoms with Gasteiger partial charge in [-0.05, 0) is 36.8 Å². The molecule has 8 heteroatoms. The maximum atomic E-state index is 13.0. The molecule has 2 aromatic carbocycles. The van der Waals surface area contributed by atoms with E-state index in [1.165, 1.54) is 18.3 Å². The van der Waals surface area contributed by atoms with E-state index in [-0.39, 0.29) is 5.69 Å². The Labute approximate surface area is 146 Å². The van der Waals surface area contributed by atoms with Gasteiger partial charge in [-0.15, -0.1) is 0 Å². The number of carbonyl (C=O) groups excluding carboxylic acids is 1. The highest BCUT2D eigenvalue weighted by Crippen LogP contribution is 2.17. The third kappa shape index (κ3) is 5.68. The van der Waals surface area contributed by atoms with Crippen LogP contribution < -0.4 is 9.73 Å². The van der Waals surface area contributed by atoms with Crippen LogP contribution >= 0.6 is 0 Å². The zero-order valence-electron chi connectivity index (χ0n) is 13.8. The molecule has 0 aliphatic rings. The third-order valence-electron chi connectivity index (χ3n) is 3.25. The lowest BCUT2D eigenvalue weighted by Crippen LogP contribution is -2.39. The molecule has 132 valence electrons. The van der Waals surface area contributed by atoms with Crippen LogP contribution in [0.1, 0.15) is 11.1 Å². The molecule has 0 spiro atoms. The molecule has 0 saturated heterocycles. The number of nitrogens with zero attached hydrogens (tertiary/aromatic N) is 2. The molecule has 2 rings (SSSR count). The summed E-state index contributed by atoms with van der Waals surface area (Å²) in [6.45, 7) is 1.47. The second kappa shape index (κ2) is 7.89. The summed E-state index contributed by atoms with van der Waals surface area (Å²) in [6, 6.07) is 12.3. The Balaban J connectivity index is 2.06. The van der Waals surface area contributed by atoms with Crippen molar-refractivity contribution < 1.29 is 17.6 Å². The Bertz CT molecular complexity index is 880. The Hall–Kier alpha value is -2.74. The number of aryl methyl sites for hydroxylation is 1. The first-order chi connectivity index (χ1) is 11.8. The topological polar surface area (TPSA) is 78.8 Å². The van der Waals surface area contributed by atoms with Crippen LogP contribution in [0.25, 0.3) is 0 Å². The minimum absolute atomic E-state index is 0.196. The van der Waals surface area contributed by atoms with E-state index in [2.05, 4.69) is 10.5 Å². The van der Waals surface area contributed by atoms with E-state index in [0.717, 1.165) is 33.8 Å². The lowest BCUT2D eigenvalue weighted by atomic mass is 10.2. The fraction of sp³-hybridized carbons (Fsp3) is 0.176. The summed E-state index contributed by atoms with van der Waals surface area (Å²) in [5, 5.41) is 3.82. The summed E-state index contributed by atoms with van der Waals surface area (Å²) >= 11 is 0. The highest BCUT2D eigenvalue weighted by atomic mass is 32.2. The van der Waals surface area contributed by atoms with Crippen molar-refractivity contribution in [3.63, 3.8) is 0 Å². The molecule has 0 aliphatic heterocycles. The van der Waals surface area contributed by atoms with E-state index < -0.39 is 28.3 Å². The minimum Gasteiger partial charge on any atom is -0.271 e. The van der Waals surface area contributed by atoms with Crippen LogP contribution in [-0.4, -0.2) is 33.3 Å². The van der Waals surface area contributed by atoms with Gasteiger partial charge in [-0.2, -0.15) is 5.10 Å². The molecule has 1 N–H and O–H groups in total. The largest absolute Gasteiger partial charge is 0.271 e. The molecule has 0 saturated carbocycles. The quantitative estimate of drug-likeness (QED) is 0.630. The summed E-state index contributed by atoms with van der Waals surface area (Å²) in [5.74, 6) is -1.11. The number of amides is 1. The van der Waals surface area contributed by atoms with E-state index in [1.807, 2.05) is 31.2 Å². The van der Waals surface area contributed by atoms with Crippen LogP contribution in [0.3, 0.4) is 0 Å². The second-order valence-corrected chi connectivity index (χ2v) is 7.36. The number of sulfonamides is 1. The van der Waals surface area contributed by atoms with Gasteiger partial charge in [0.2, 0.25) is 10.0 Å². The van der Waals surface area contributed by atoms with Crippen LogP contribution in [0.5, 0.6) is 0 Å². The molecule has 0 bridgehead atoms. The molecule has 0 atom stereocenters. The molecular formula is C17H18FN3O3S. The van der Waals surface area contributed by atoms with Gasteiger partial charge in [0, 0.05) is 0 Å². The predicted molar refractivity (Wildman–Crippen MR) is 95.5 cm³/mol. The lowest BCUT2D eigenvalue weighted by Gasteiger charge is -2.21. The van der Waals surface area contributed by atoms with Crippen LogP contribution in [0.4, 0.5) is 10.1 Å². The number of hydrogen-bond donors (Lipinski definition) is 1. The molecule has 0 aromatic heterocycles. The molecule has 6 nitrogen and oxygen atoms in total. The van der Waals surface area contributed by atoms with Crippen LogP contribution in [0, 0.1) is 12.7 Å². The standard InChI is InChI=1S/C17H18FN3O3S/c1-13-4-3-5-14(10-13)11-19-20-17(22)12-21(25(2,23)24)16-8-6-15(18)7-9-16/h3-11H,12H2,1-2H3,(H,20,22)/b19-11-. The van der Waals surface area contributed by atoms with Crippen molar-refractivity contribution in [1.82, 2.24) is 5.43 Å². The Kier molecular flexibility index (Phi) is 5.87. The minimum atomic E-state index is -3.71. The molecule has 25 heavy (non-hydrogen) atoms. The molecule has 1 amide bonds. The Morgan fingerprint density at radius 3 is 2.52 bits per heavy atom. The van der Waals surface area contributed by atoms with Crippen molar-refractivity contribution in [1.29, 1.82) is 0 Å². The number of hydrazone groups is 1. The SMILES string of the molecule is Cc1cccc(/C=N\NC(=O)CN(c2ccc(F)cc2)S(C)(=O)=O)c1. The Morgan fingerprint density at radius 1 is 1.24 bits per heavy atom. The van der Waals surface area contributed by atoms with Crippen molar-refractivity contribution in [2.45, 2.75) is 6.92 Å². The highest BCUT2D eigenvalue weighted by Gasteiger charge is 2.20. The van der Waals surface area contributed by atoms with E-state index in [4.69, 9.17) is 0 Å². The monoisotopic (exact) mass is 363 g/mol. The summed E-state index contributed by atoms with van der Waals surface area (Å²) in [5.41, 5.74) is 4.34. The number of rotatable bonds is 6. The van der Waals surface area contributed by atoms with Gasteiger partial charge in [-0.1, -0.05) is 29.8 Å². The van der Waals surface area contributed by atoms with Crippen LogP contribution in [0.15, 0.2) is 53.6 Å². The average Bonchev–Trinajstić information content (AvgIpc) is 2.53. The molecule has 0 radical (unpaired) electrons. The maximum absolute atomic E-state index is 13.0. The van der Waals surface area contributed by atoms with Gasteiger partial charge >= 0.3 is 0 Å². The molecular weight excluding hydrogens is 345 g/mol. The van der Waals surface area contributed by atoms with E-state index in [0.29, 0.717) is 0 Å². The number of hydrogen-bond acceptors (Lipinski definition) is 4. The molecule has 0 aliphatic carbocycles. The number of anilines is 1. The zero-order chi connectivity index (χ0) is 18.4. The highest BCUT2D eigenvalue weighted by molar-refractivity contribution is 7.92. The second-order valence-electron chi connectivity index (χ2n) is 5.45. The first kappa shape index (κ1) is 18.6. The van der Waals surface area contributed by atoms with Gasteiger partial charge in [0.05, 0.1) is 18.2 Å². The van der Waals surface area contributed by atoms with Crippen LogP contribution in [0.2, 0.25) is 0 Å². The number of halogens is 1. The van der Waals surface area contributed by atoms with Gasteiger partial charge in [0.15, 0.2) is 0 Å². The molecule has 0 unspecified atom stereocenters. The van der Waals surface area contributed by atoms with Gasteiger partial charge in [0.25, 0.3) is 5.91 Å². The normalized spacial score (nSPS) is 11.5. The lowest BCUT2D eigenvalue weighted by molar-refractivity contribution is -0.119. The van der Waals surface area contributed by atoms with Crippen molar-refractivity contribution in [3.05, 3.63) is 65.5 Å². The third-order valence-corrected chi connectivity index (χ3v) is 4.39. The number of nitrogens with one attached hydrogen (secondary N) is 1. The first-order valence-electron chi connectivity index (χ1n) is 7.37. The molecule has 0 fully saturated rings. The zero-order valence-corrected chi connectivity index (χ0v) is 14.6. The fourth-order valence-electron chi connectivity index (χ4n) is 2.10. The van der Waals surface area contributed by atoms with E-state index >= 15 is 0 Å².